The lowest BCUT2D eigenvalue weighted by atomic mass is 10.1. The van der Waals surface area contributed by atoms with Crippen LogP contribution in [-0.2, 0) is 48.2 Å². The predicted molar refractivity (Wildman–Crippen MR) is 263 cm³/mol. The van der Waals surface area contributed by atoms with Gasteiger partial charge in [-0.05, 0) is 95.6 Å². The van der Waals surface area contributed by atoms with Gasteiger partial charge in [-0.25, -0.2) is 34.7 Å². The van der Waals surface area contributed by atoms with Crippen molar-refractivity contribution in [3.63, 3.8) is 0 Å². The van der Waals surface area contributed by atoms with Crippen LogP contribution in [0, 0.1) is 0 Å². The number of methoxy groups -OCH3 is 1. The third-order valence-corrected chi connectivity index (χ3v) is 13.6. The number of esters is 1. The third kappa shape index (κ3) is 20.7. The quantitative estimate of drug-likeness (QED) is 0.0292. The van der Waals surface area contributed by atoms with Crippen molar-refractivity contribution in [1.82, 2.24) is 9.44 Å². The first kappa shape index (κ1) is 56.1. The van der Waals surface area contributed by atoms with Crippen LogP contribution in [0.3, 0.4) is 0 Å². The number of carbonyl (C=O) groups is 3. The third-order valence-electron chi connectivity index (χ3n) is 9.32. The highest BCUT2D eigenvalue weighted by Crippen LogP contribution is 2.24. The van der Waals surface area contributed by atoms with E-state index in [1.807, 2.05) is 91.0 Å². The van der Waals surface area contributed by atoms with Gasteiger partial charge in [0.2, 0.25) is 20.0 Å². The van der Waals surface area contributed by atoms with Crippen molar-refractivity contribution in [3.05, 3.63) is 164 Å². The van der Waals surface area contributed by atoms with Gasteiger partial charge in [-0.1, -0.05) is 127 Å². The summed E-state index contributed by atoms with van der Waals surface area (Å²) in [4.78, 5) is 31.6. The van der Waals surface area contributed by atoms with Gasteiger partial charge in [-0.2, -0.15) is 0 Å². The molecule has 6 aromatic rings. The molecule has 362 valence electrons. The molecule has 0 aliphatic carbocycles. The van der Waals surface area contributed by atoms with E-state index in [2.05, 4.69) is 14.2 Å². The van der Waals surface area contributed by atoms with Crippen molar-refractivity contribution in [2.75, 3.05) is 26.7 Å². The van der Waals surface area contributed by atoms with E-state index >= 15 is 0 Å². The maximum Gasteiger partial charge on any atom is 0.305 e. The Kier molecular flexibility index (Phi) is 23.8. The number of carboxylic acid groups (broad SMARTS) is 2. The number of carboxylic acids is 2. The molecule has 0 atom stereocenters. The van der Waals surface area contributed by atoms with Crippen LogP contribution < -0.4 is 15.2 Å². The molecule has 6 aromatic carbocycles. The van der Waals surface area contributed by atoms with Gasteiger partial charge in [0.05, 0.1) is 21.8 Å². The molecule has 0 fully saturated rings. The van der Waals surface area contributed by atoms with Crippen molar-refractivity contribution in [2.45, 2.75) is 53.2 Å². The molecule has 0 aliphatic rings. The summed E-state index contributed by atoms with van der Waals surface area (Å²) in [6, 6.07) is 48.9. The molecule has 0 aromatic heterocycles. The Morgan fingerprint density at radius 2 is 0.765 bits per heavy atom. The fourth-order valence-electron chi connectivity index (χ4n) is 5.76. The van der Waals surface area contributed by atoms with Crippen molar-refractivity contribution >= 4 is 57.7 Å². The Labute approximate surface area is 402 Å². The molecule has 0 amide bonds. The molecule has 0 spiro atoms. The first-order valence-corrected chi connectivity index (χ1v) is 26.2. The van der Waals surface area contributed by atoms with Crippen LogP contribution in [0.5, 0.6) is 0 Å². The number of rotatable bonds is 19. The number of hydrogen-bond donors (Lipinski definition) is 5. The normalized spacial score (nSPS) is 11.0. The molecule has 0 unspecified atom stereocenters. The standard InChI is InChI=1S/C17H19NO4S.C16H17NO4S.C12H9ClO2S.C4H9NO2/c1-22-17(19)8-5-13-18-23(20,21)16-11-9-15(10-12-16)14-6-3-2-4-7-14;18-16(19)7-4-12-17-22(20,21)15-10-8-14(9-11-15)13-5-2-1-3-6-13;13-16(14,15)12-8-6-11(7-9-12)10-4-2-1-3-5-10;5-3-1-2-4(6)7/h2-4,6-7,9-12,18H,5,8,13H2,1H3;1-3,5-6,8-11,17H,4,7,12H2,(H,18,19);1-9H;1-3,5H2,(H,6,7). The molecule has 6 rings (SSSR count). The van der Waals surface area contributed by atoms with E-state index in [0.717, 1.165) is 33.4 Å². The van der Waals surface area contributed by atoms with E-state index in [9.17, 15) is 39.6 Å². The van der Waals surface area contributed by atoms with Gasteiger partial charge in [-0.3, -0.25) is 14.4 Å². The number of nitrogens with two attached hydrogens (primary N) is 1. The van der Waals surface area contributed by atoms with Crippen molar-refractivity contribution in [1.29, 1.82) is 0 Å². The predicted octanol–water partition coefficient (Wildman–Crippen LogP) is 8.17. The second-order valence-corrected chi connectivity index (χ2v) is 20.5. The summed E-state index contributed by atoms with van der Waals surface area (Å²) >= 11 is 0. The van der Waals surface area contributed by atoms with Crippen molar-refractivity contribution < 1.29 is 54.6 Å². The Morgan fingerprint density at radius 3 is 1.04 bits per heavy atom. The Morgan fingerprint density at radius 1 is 0.471 bits per heavy atom. The van der Waals surface area contributed by atoms with Crippen molar-refractivity contribution in [2.24, 2.45) is 5.73 Å². The maximum absolute atomic E-state index is 12.2. The second-order valence-electron chi connectivity index (χ2n) is 14.4. The summed E-state index contributed by atoms with van der Waals surface area (Å²) in [6.45, 7) is 0.763. The van der Waals surface area contributed by atoms with E-state index in [-0.39, 0.29) is 59.4 Å². The zero-order valence-corrected chi connectivity index (χ0v) is 40.3. The zero-order valence-electron chi connectivity index (χ0n) is 37.1. The second kappa shape index (κ2) is 28.8. The number of sulfonamides is 2. The molecule has 0 bridgehead atoms. The van der Waals surface area contributed by atoms with Crippen LogP contribution >= 0.6 is 10.7 Å². The summed E-state index contributed by atoms with van der Waals surface area (Å²) in [5.74, 6) is -2.06. The summed E-state index contributed by atoms with van der Waals surface area (Å²) < 4.78 is 79.9. The van der Waals surface area contributed by atoms with Crippen LogP contribution in [0.25, 0.3) is 33.4 Å². The molecule has 15 nitrogen and oxygen atoms in total. The molecule has 0 saturated carbocycles. The number of halogens is 1. The van der Waals surface area contributed by atoms with E-state index in [1.165, 1.54) is 19.2 Å². The van der Waals surface area contributed by atoms with E-state index in [1.54, 1.807) is 60.7 Å². The highest BCUT2D eigenvalue weighted by molar-refractivity contribution is 8.13. The number of ether oxygens (including phenoxy) is 1. The topological polar surface area (TPSA) is 253 Å². The van der Waals surface area contributed by atoms with Crippen LogP contribution in [-0.4, -0.2) is 80.1 Å². The van der Waals surface area contributed by atoms with Crippen LogP contribution in [0.1, 0.15) is 38.5 Å². The summed E-state index contributed by atoms with van der Waals surface area (Å²) in [5.41, 5.74) is 11.0. The van der Waals surface area contributed by atoms with E-state index in [4.69, 9.17) is 26.6 Å². The van der Waals surface area contributed by atoms with E-state index < -0.39 is 41.0 Å². The van der Waals surface area contributed by atoms with Crippen LogP contribution in [0.2, 0.25) is 0 Å². The Balaban J connectivity index is 0.000000255. The smallest absolute Gasteiger partial charge is 0.305 e. The molecular weight excluding hydrogens is 954 g/mol. The highest BCUT2D eigenvalue weighted by atomic mass is 35.7. The van der Waals surface area contributed by atoms with Gasteiger partial charge in [0.25, 0.3) is 9.05 Å². The monoisotopic (exact) mass is 1010 g/mol. The zero-order chi connectivity index (χ0) is 50.0. The number of aliphatic carboxylic acids is 2. The highest BCUT2D eigenvalue weighted by Gasteiger charge is 2.15. The average Bonchev–Trinajstić information content (AvgIpc) is 3.34. The minimum absolute atomic E-state index is 0.0601. The lowest BCUT2D eigenvalue weighted by Crippen LogP contribution is -2.25. The van der Waals surface area contributed by atoms with Gasteiger partial charge in [0.1, 0.15) is 0 Å². The summed E-state index contributed by atoms with van der Waals surface area (Å²) in [5, 5.41) is 16.5. The molecule has 0 aliphatic heterocycles. The minimum Gasteiger partial charge on any atom is -0.481 e. The molecule has 6 N–H and O–H groups in total. The van der Waals surface area contributed by atoms with Crippen molar-refractivity contribution in [3.8, 4) is 33.4 Å². The van der Waals surface area contributed by atoms with Gasteiger partial charge < -0.3 is 20.7 Å². The minimum atomic E-state index is -3.63. The summed E-state index contributed by atoms with van der Waals surface area (Å²) in [6.07, 6.45) is 1.55. The molecule has 68 heavy (non-hydrogen) atoms. The molecule has 0 heterocycles. The lowest BCUT2D eigenvalue weighted by molar-refractivity contribution is -0.141. The Bertz CT molecular complexity index is 2800. The van der Waals surface area contributed by atoms with Gasteiger partial charge in [0, 0.05) is 43.0 Å². The van der Waals surface area contributed by atoms with Gasteiger partial charge >= 0.3 is 17.9 Å². The van der Waals surface area contributed by atoms with Crippen LogP contribution in [0.15, 0.2) is 178 Å². The molecule has 0 radical (unpaired) electrons. The SMILES string of the molecule is COC(=O)CCCNS(=O)(=O)c1ccc(-c2ccccc2)cc1.NCCCC(=O)O.O=C(O)CCCNS(=O)(=O)c1ccc(-c2ccccc2)cc1.O=S(=O)(Cl)c1ccc(-c2ccccc2)cc1. The first-order valence-electron chi connectivity index (χ1n) is 21.0. The van der Waals surface area contributed by atoms with Gasteiger partial charge in [-0.15, -0.1) is 0 Å². The van der Waals surface area contributed by atoms with E-state index in [0.29, 0.717) is 19.4 Å². The first-order chi connectivity index (χ1) is 32.4. The molecule has 19 heteroatoms. The maximum atomic E-state index is 12.2. The number of nitrogens with one attached hydrogen (secondary N) is 2. The van der Waals surface area contributed by atoms with Crippen LogP contribution in [0.4, 0.5) is 0 Å². The number of carbonyl (C=O) groups excluding carboxylic acids is 1. The average molecular weight is 1010 g/mol. The van der Waals surface area contributed by atoms with Gasteiger partial charge in [0.15, 0.2) is 0 Å². The Hall–Kier alpha value is -6.25. The largest absolute Gasteiger partial charge is 0.481 e. The molecular formula is C49H54ClN3O12S3. The molecule has 0 saturated heterocycles. The fraction of sp³-hybridized carbons (Fsp3) is 0.204. The number of benzene rings is 6. The fourth-order valence-corrected chi connectivity index (χ4v) is 8.68. The lowest BCUT2D eigenvalue weighted by Gasteiger charge is -2.08. The number of hydrogen-bond acceptors (Lipinski definition) is 11. The summed E-state index contributed by atoms with van der Waals surface area (Å²) in [7, 11) is -4.26.